The zero-order valence-corrected chi connectivity index (χ0v) is 14.9. The smallest absolute Gasteiger partial charge is 0.266 e. The molecule has 0 radical (unpaired) electrons. The Kier molecular flexibility index (Phi) is 7.21. The van der Waals surface area contributed by atoms with Crippen molar-refractivity contribution in [3.05, 3.63) is 51.4 Å². The Balaban J connectivity index is 3.16. The predicted octanol–water partition coefficient (Wildman–Crippen LogP) is 3.96. The van der Waals surface area contributed by atoms with Crippen LogP contribution in [0.1, 0.15) is 19.4 Å². The summed E-state index contributed by atoms with van der Waals surface area (Å²) in [6.45, 7) is 3.04. The van der Waals surface area contributed by atoms with Crippen LogP contribution in [0.5, 0.6) is 11.5 Å². The summed E-state index contributed by atoms with van der Waals surface area (Å²) in [4.78, 5) is 12.1. The number of phenolic OH excluding ortho intramolecular Hbond substituents is 1. The largest absolute Gasteiger partial charge is 0.503 e. The second kappa shape index (κ2) is 8.89. The number of nitriles is 1. The zero-order chi connectivity index (χ0) is 18.3. The molecule has 1 aromatic rings. The fourth-order valence-electron chi connectivity index (χ4n) is 1.72. The maximum Gasteiger partial charge on any atom is 0.266 e. The molecule has 0 atom stereocenters. The minimum atomic E-state index is -0.738. The Morgan fingerprint density at radius 3 is 2.71 bits per heavy atom. The minimum Gasteiger partial charge on any atom is -0.503 e. The second-order valence-corrected chi connectivity index (χ2v) is 5.50. The lowest BCUT2D eigenvalue weighted by atomic mass is 10.1. The van der Waals surface area contributed by atoms with Crippen LogP contribution in [0.15, 0.2) is 45.9 Å². The molecule has 0 aliphatic heterocycles. The second-order valence-electron chi connectivity index (χ2n) is 4.65. The molecule has 0 aliphatic carbocycles. The highest BCUT2D eigenvalue weighted by Crippen LogP contribution is 2.35. The van der Waals surface area contributed by atoms with Crippen LogP contribution in [0.2, 0.25) is 0 Å². The lowest BCUT2D eigenvalue weighted by Gasteiger charge is -2.08. The fraction of sp³-hybridized carbons (Fsp3) is 0.176. The van der Waals surface area contributed by atoms with Crippen LogP contribution in [-0.2, 0) is 4.79 Å². The van der Waals surface area contributed by atoms with Crippen molar-refractivity contribution >= 4 is 27.9 Å². The van der Waals surface area contributed by atoms with Gasteiger partial charge < -0.3 is 15.2 Å². The highest BCUT2D eigenvalue weighted by Gasteiger charge is 2.13. The lowest BCUT2D eigenvalue weighted by molar-refractivity contribution is -0.116. The van der Waals surface area contributed by atoms with Gasteiger partial charge in [0, 0.05) is 0 Å². The molecule has 1 amide bonds. The van der Waals surface area contributed by atoms with Gasteiger partial charge >= 0.3 is 0 Å². The van der Waals surface area contributed by atoms with E-state index in [1.807, 2.05) is 0 Å². The molecule has 0 bridgehead atoms. The van der Waals surface area contributed by atoms with E-state index in [0.29, 0.717) is 10.0 Å². The van der Waals surface area contributed by atoms with E-state index in [9.17, 15) is 14.3 Å². The summed E-state index contributed by atoms with van der Waals surface area (Å²) < 4.78 is 18.9. The first-order valence-corrected chi connectivity index (χ1v) is 7.62. The highest BCUT2D eigenvalue weighted by molar-refractivity contribution is 9.10. The number of carbonyl (C=O) groups is 1. The zero-order valence-electron chi connectivity index (χ0n) is 13.4. The molecule has 0 spiro atoms. The molecule has 0 unspecified atom stereocenters. The third-order valence-electron chi connectivity index (χ3n) is 2.92. The number of benzene rings is 1. The van der Waals surface area contributed by atoms with Gasteiger partial charge in [0.05, 0.1) is 17.3 Å². The summed E-state index contributed by atoms with van der Waals surface area (Å²) in [5, 5.41) is 21.3. The molecule has 2 N–H and O–H groups in total. The van der Waals surface area contributed by atoms with Gasteiger partial charge in [-0.2, -0.15) is 5.26 Å². The number of nitrogens with one attached hydrogen (secondary N) is 1. The van der Waals surface area contributed by atoms with E-state index < -0.39 is 11.7 Å². The number of rotatable bonds is 5. The number of allylic oxidation sites excluding steroid dienone is 4. The molecule has 24 heavy (non-hydrogen) atoms. The maximum absolute atomic E-state index is 13.6. The van der Waals surface area contributed by atoms with Crippen LogP contribution < -0.4 is 10.1 Å². The number of hydrogen-bond donors (Lipinski definition) is 2. The molecule has 0 aromatic heterocycles. The van der Waals surface area contributed by atoms with Gasteiger partial charge in [-0.15, -0.1) is 0 Å². The Labute approximate surface area is 147 Å². The number of carbonyl (C=O) groups excluding carboxylic acids is 1. The molecule has 7 heteroatoms. The molecule has 0 saturated carbocycles. The first-order chi connectivity index (χ1) is 11.3. The molecule has 0 heterocycles. The first kappa shape index (κ1) is 19.5. The van der Waals surface area contributed by atoms with Crippen LogP contribution >= 0.6 is 15.9 Å². The highest BCUT2D eigenvalue weighted by atomic mass is 79.9. The molecular weight excluding hydrogens is 379 g/mol. The number of phenols is 1. The molecular formula is C17H16BrFN2O3. The Morgan fingerprint density at radius 1 is 1.50 bits per heavy atom. The van der Waals surface area contributed by atoms with E-state index in [1.165, 1.54) is 44.4 Å². The van der Waals surface area contributed by atoms with E-state index in [4.69, 9.17) is 10.00 Å². The van der Waals surface area contributed by atoms with Gasteiger partial charge in [0.2, 0.25) is 0 Å². The van der Waals surface area contributed by atoms with Crippen molar-refractivity contribution in [3.8, 4) is 17.6 Å². The number of nitrogens with zero attached hydrogens (tertiary/aromatic N) is 1. The third kappa shape index (κ3) is 4.96. The number of ether oxygens (including phenoxy) is 1. The summed E-state index contributed by atoms with van der Waals surface area (Å²) in [6.07, 6.45) is 4.00. The number of aromatic hydroxyl groups is 1. The Hall–Kier alpha value is -2.59. The van der Waals surface area contributed by atoms with Crippen LogP contribution in [0.25, 0.3) is 6.08 Å². The van der Waals surface area contributed by atoms with Gasteiger partial charge in [-0.3, -0.25) is 4.79 Å². The fourth-order valence-corrected chi connectivity index (χ4v) is 2.18. The summed E-state index contributed by atoms with van der Waals surface area (Å²) in [5.41, 5.74) is 0.241. The van der Waals surface area contributed by atoms with Gasteiger partial charge in [-0.05, 0) is 59.6 Å². The van der Waals surface area contributed by atoms with Crippen molar-refractivity contribution in [1.82, 2.24) is 5.32 Å². The van der Waals surface area contributed by atoms with E-state index in [0.717, 1.165) is 0 Å². The van der Waals surface area contributed by atoms with Crippen molar-refractivity contribution < 1.29 is 19.0 Å². The molecule has 0 aliphatic rings. The van der Waals surface area contributed by atoms with E-state index >= 15 is 0 Å². The SMILES string of the molecule is CC=CC(F)=C(C)NC(=O)C(C#N)=Cc1cc(Br)c(O)c(OC)c1. The number of hydrogen-bond acceptors (Lipinski definition) is 4. The maximum atomic E-state index is 13.6. The Bertz CT molecular complexity index is 777. The quantitative estimate of drug-likeness (QED) is 0.449. The van der Waals surface area contributed by atoms with E-state index in [-0.39, 0.29) is 22.8 Å². The van der Waals surface area contributed by atoms with Gasteiger partial charge in [0.25, 0.3) is 5.91 Å². The number of methoxy groups -OCH3 is 1. The predicted molar refractivity (Wildman–Crippen MR) is 92.7 cm³/mol. The van der Waals surface area contributed by atoms with Crippen LogP contribution in [-0.4, -0.2) is 18.1 Å². The standard InChI is InChI=1S/C17H16BrFN2O3/c1-4-5-14(19)10(2)21-17(23)12(9-20)6-11-7-13(18)16(22)15(8-11)24-3/h4-8,22H,1-3H3,(H,21,23). The number of halogens is 2. The van der Waals surface area contributed by atoms with Crippen molar-refractivity contribution in [2.45, 2.75) is 13.8 Å². The normalized spacial score (nSPS) is 12.6. The summed E-state index contributed by atoms with van der Waals surface area (Å²) in [6, 6.07) is 4.75. The third-order valence-corrected chi connectivity index (χ3v) is 3.52. The van der Waals surface area contributed by atoms with E-state index in [2.05, 4.69) is 21.2 Å². The average molecular weight is 395 g/mol. The summed E-state index contributed by atoms with van der Waals surface area (Å²) in [5.74, 6) is -1.25. The summed E-state index contributed by atoms with van der Waals surface area (Å²) >= 11 is 3.16. The van der Waals surface area contributed by atoms with Crippen molar-refractivity contribution in [2.75, 3.05) is 7.11 Å². The average Bonchev–Trinajstić information content (AvgIpc) is 2.55. The monoisotopic (exact) mass is 394 g/mol. The number of amides is 1. The first-order valence-electron chi connectivity index (χ1n) is 6.82. The van der Waals surface area contributed by atoms with Crippen LogP contribution in [0, 0.1) is 11.3 Å². The summed E-state index contributed by atoms with van der Waals surface area (Å²) in [7, 11) is 1.38. The molecule has 126 valence electrons. The van der Waals surface area contributed by atoms with E-state index in [1.54, 1.807) is 13.0 Å². The van der Waals surface area contributed by atoms with Crippen LogP contribution in [0.3, 0.4) is 0 Å². The topological polar surface area (TPSA) is 82.4 Å². The molecule has 5 nitrogen and oxygen atoms in total. The molecule has 0 fully saturated rings. The van der Waals surface area contributed by atoms with Gasteiger partial charge in [-0.1, -0.05) is 6.08 Å². The van der Waals surface area contributed by atoms with Crippen molar-refractivity contribution in [3.63, 3.8) is 0 Å². The van der Waals surface area contributed by atoms with Crippen molar-refractivity contribution in [2.24, 2.45) is 0 Å². The van der Waals surface area contributed by atoms with Gasteiger partial charge in [0.1, 0.15) is 17.5 Å². The van der Waals surface area contributed by atoms with Gasteiger partial charge in [-0.25, -0.2) is 4.39 Å². The van der Waals surface area contributed by atoms with Gasteiger partial charge in [0.15, 0.2) is 11.5 Å². The molecule has 1 rings (SSSR count). The lowest BCUT2D eigenvalue weighted by Crippen LogP contribution is -2.23. The van der Waals surface area contributed by atoms with Crippen LogP contribution in [0.4, 0.5) is 4.39 Å². The minimum absolute atomic E-state index is 0.00344. The molecule has 0 saturated heterocycles. The Morgan fingerprint density at radius 2 is 2.17 bits per heavy atom. The molecule has 1 aromatic carbocycles. The van der Waals surface area contributed by atoms with Crippen molar-refractivity contribution in [1.29, 1.82) is 5.26 Å².